The molecule has 0 radical (unpaired) electrons. The Hall–Kier alpha value is -1.55. The second-order valence-corrected chi connectivity index (χ2v) is 3.46. The number of rotatable bonds is 5. The minimum Gasteiger partial charge on any atom is -0.494 e. The maximum absolute atomic E-state index is 10.8. The highest BCUT2D eigenvalue weighted by atomic mass is 16.5. The summed E-state index contributed by atoms with van der Waals surface area (Å²) in [6, 6.07) is 4.36. The van der Waals surface area contributed by atoms with Crippen LogP contribution in [-0.2, 0) is 11.2 Å². The summed E-state index contributed by atoms with van der Waals surface area (Å²) in [4.78, 5) is 10.8. The highest BCUT2D eigenvalue weighted by molar-refractivity contribution is 5.75. The Kier molecular flexibility index (Phi) is 4.31. The molecule has 0 unspecified atom stereocenters. The third-order valence-corrected chi connectivity index (χ3v) is 2.41. The van der Waals surface area contributed by atoms with E-state index >= 15 is 0 Å². The molecule has 0 heterocycles. The fourth-order valence-electron chi connectivity index (χ4n) is 1.58. The van der Waals surface area contributed by atoms with Crippen LogP contribution in [0.2, 0.25) is 0 Å². The van der Waals surface area contributed by atoms with Crippen molar-refractivity contribution in [2.75, 3.05) is 6.61 Å². The van der Waals surface area contributed by atoms with Crippen molar-refractivity contribution in [3.05, 3.63) is 29.3 Å². The Labute approximate surface area is 95.0 Å². The molecule has 0 aromatic heterocycles. The molecule has 0 bridgehead atoms. The van der Waals surface area contributed by atoms with Gasteiger partial charge in [-0.1, -0.05) is 13.0 Å². The molecule has 1 aromatic carbocycles. The van der Waals surface area contributed by atoms with E-state index < -0.39 is 12.0 Å². The molecular formula is C12H17NO3. The van der Waals surface area contributed by atoms with E-state index in [-0.39, 0.29) is 0 Å². The standard InChI is InChI=1S/C12H17NO3/c1-3-8-7-9(16-4-2)5-6-10(8)11(13)12(14)15/h5-7,11H,3-4,13H2,1-2H3,(H,14,15)/t11-/m1/s1. The van der Waals surface area contributed by atoms with Gasteiger partial charge in [0.15, 0.2) is 0 Å². The summed E-state index contributed by atoms with van der Waals surface area (Å²) in [6.07, 6.45) is 0.733. The maximum atomic E-state index is 10.8. The summed E-state index contributed by atoms with van der Waals surface area (Å²) < 4.78 is 5.36. The number of carboxylic acids is 1. The van der Waals surface area contributed by atoms with Gasteiger partial charge in [-0.25, -0.2) is 0 Å². The molecule has 4 heteroatoms. The molecule has 0 saturated carbocycles. The first-order chi connectivity index (χ1) is 7.60. The van der Waals surface area contributed by atoms with Crippen LogP contribution in [0, 0.1) is 0 Å². The van der Waals surface area contributed by atoms with Gasteiger partial charge in [-0.2, -0.15) is 0 Å². The van der Waals surface area contributed by atoms with Crippen molar-refractivity contribution in [1.82, 2.24) is 0 Å². The van der Waals surface area contributed by atoms with Crippen LogP contribution in [0.15, 0.2) is 18.2 Å². The number of hydrogen-bond donors (Lipinski definition) is 2. The van der Waals surface area contributed by atoms with Crippen molar-refractivity contribution in [1.29, 1.82) is 0 Å². The zero-order chi connectivity index (χ0) is 12.1. The van der Waals surface area contributed by atoms with E-state index in [1.54, 1.807) is 12.1 Å². The number of nitrogens with two attached hydrogens (primary N) is 1. The fraction of sp³-hybridized carbons (Fsp3) is 0.417. The van der Waals surface area contributed by atoms with Gasteiger partial charge in [0.1, 0.15) is 11.8 Å². The highest BCUT2D eigenvalue weighted by Gasteiger charge is 2.17. The smallest absolute Gasteiger partial charge is 0.325 e. The van der Waals surface area contributed by atoms with E-state index in [4.69, 9.17) is 15.6 Å². The molecule has 4 nitrogen and oxygen atoms in total. The van der Waals surface area contributed by atoms with Crippen molar-refractivity contribution < 1.29 is 14.6 Å². The van der Waals surface area contributed by atoms with Crippen molar-refractivity contribution >= 4 is 5.97 Å². The quantitative estimate of drug-likeness (QED) is 0.797. The minimum atomic E-state index is -1.01. The van der Waals surface area contributed by atoms with Crippen LogP contribution in [0.1, 0.15) is 31.0 Å². The fourth-order valence-corrected chi connectivity index (χ4v) is 1.58. The molecule has 0 saturated heterocycles. The third kappa shape index (κ3) is 2.73. The van der Waals surface area contributed by atoms with Crippen LogP contribution in [0.25, 0.3) is 0 Å². The first-order valence-corrected chi connectivity index (χ1v) is 5.34. The van der Waals surface area contributed by atoms with Crippen LogP contribution < -0.4 is 10.5 Å². The van der Waals surface area contributed by atoms with Gasteiger partial charge in [0.2, 0.25) is 0 Å². The molecule has 0 fully saturated rings. The lowest BCUT2D eigenvalue weighted by molar-refractivity contribution is -0.138. The topological polar surface area (TPSA) is 72.5 Å². The third-order valence-electron chi connectivity index (χ3n) is 2.41. The first-order valence-electron chi connectivity index (χ1n) is 5.34. The van der Waals surface area contributed by atoms with Gasteiger partial charge in [-0.05, 0) is 36.6 Å². The zero-order valence-electron chi connectivity index (χ0n) is 9.56. The molecule has 88 valence electrons. The van der Waals surface area contributed by atoms with Gasteiger partial charge >= 0.3 is 5.97 Å². The van der Waals surface area contributed by atoms with Gasteiger partial charge < -0.3 is 15.6 Å². The lowest BCUT2D eigenvalue weighted by Crippen LogP contribution is -2.22. The Morgan fingerprint density at radius 1 is 1.50 bits per heavy atom. The second-order valence-electron chi connectivity index (χ2n) is 3.46. The Morgan fingerprint density at radius 2 is 2.19 bits per heavy atom. The van der Waals surface area contributed by atoms with E-state index in [0.29, 0.717) is 12.2 Å². The molecule has 1 aromatic rings. The lowest BCUT2D eigenvalue weighted by Gasteiger charge is -2.13. The van der Waals surface area contributed by atoms with Gasteiger partial charge in [-0.3, -0.25) is 4.79 Å². The number of ether oxygens (including phenoxy) is 1. The molecule has 1 rings (SSSR count). The predicted octanol–water partition coefficient (Wildman–Crippen LogP) is 1.73. The Morgan fingerprint density at radius 3 is 2.69 bits per heavy atom. The van der Waals surface area contributed by atoms with E-state index in [1.807, 2.05) is 19.9 Å². The monoisotopic (exact) mass is 223 g/mol. The molecule has 0 aliphatic heterocycles. The molecule has 16 heavy (non-hydrogen) atoms. The van der Waals surface area contributed by atoms with Gasteiger partial charge in [0, 0.05) is 0 Å². The summed E-state index contributed by atoms with van der Waals surface area (Å²) in [5.74, 6) is -0.264. The maximum Gasteiger partial charge on any atom is 0.325 e. The normalized spacial score (nSPS) is 12.2. The lowest BCUT2D eigenvalue weighted by atomic mass is 9.99. The largest absolute Gasteiger partial charge is 0.494 e. The second kappa shape index (κ2) is 5.51. The van der Waals surface area contributed by atoms with Crippen molar-refractivity contribution in [2.45, 2.75) is 26.3 Å². The van der Waals surface area contributed by atoms with Crippen LogP contribution in [0.3, 0.4) is 0 Å². The Bertz CT molecular complexity index is 377. The number of carbonyl (C=O) groups is 1. The van der Waals surface area contributed by atoms with Gasteiger partial charge in [0.25, 0.3) is 0 Å². The molecular weight excluding hydrogens is 206 g/mol. The van der Waals surface area contributed by atoms with Crippen LogP contribution in [-0.4, -0.2) is 17.7 Å². The van der Waals surface area contributed by atoms with E-state index in [9.17, 15) is 4.79 Å². The van der Waals surface area contributed by atoms with Crippen molar-refractivity contribution in [2.24, 2.45) is 5.73 Å². The minimum absolute atomic E-state index is 0.591. The Balaban J connectivity index is 3.06. The summed E-state index contributed by atoms with van der Waals surface area (Å²) in [5.41, 5.74) is 7.17. The van der Waals surface area contributed by atoms with E-state index in [0.717, 1.165) is 17.7 Å². The van der Waals surface area contributed by atoms with Crippen LogP contribution in [0.4, 0.5) is 0 Å². The SMILES string of the molecule is CCOc1ccc([C@@H](N)C(=O)O)c(CC)c1. The number of carboxylic acid groups (broad SMARTS) is 1. The molecule has 1 atom stereocenters. The average molecular weight is 223 g/mol. The van der Waals surface area contributed by atoms with Gasteiger partial charge in [0.05, 0.1) is 6.61 Å². The predicted molar refractivity (Wildman–Crippen MR) is 61.6 cm³/mol. The number of hydrogen-bond acceptors (Lipinski definition) is 3. The summed E-state index contributed by atoms with van der Waals surface area (Å²) in [7, 11) is 0. The van der Waals surface area contributed by atoms with E-state index in [2.05, 4.69) is 0 Å². The van der Waals surface area contributed by atoms with Gasteiger partial charge in [-0.15, -0.1) is 0 Å². The number of aliphatic carboxylic acids is 1. The highest BCUT2D eigenvalue weighted by Crippen LogP contribution is 2.23. The van der Waals surface area contributed by atoms with Crippen LogP contribution in [0.5, 0.6) is 5.75 Å². The molecule has 3 N–H and O–H groups in total. The number of aryl methyl sites for hydroxylation is 1. The molecule has 0 aliphatic rings. The average Bonchev–Trinajstić information content (AvgIpc) is 2.28. The zero-order valence-corrected chi connectivity index (χ0v) is 9.56. The molecule has 0 amide bonds. The van der Waals surface area contributed by atoms with Crippen LogP contribution >= 0.6 is 0 Å². The van der Waals surface area contributed by atoms with Crippen molar-refractivity contribution in [3.63, 3.8) is 0 Å². The molecule has 0 spiro atoms. The molecule has 0 aliphatic carbocycles. The first kappa shape index (κ1) is 12.5. The number of benzene rings is 1. The summed E-state index contributed by atoms with van der Waals surface area (Å²) >= 11 is 0. The summed E-state index contributed by atoms with van der Waals surface area (Å²) in [5, 5.41) is 8.87. The van der Waals surface area contributed by atoms with E-state index in [1.165, 1.54) is 0 Å². The van der Waals surface area contributed by atoms with Crippen molar-refractivity contribution in [3.8, 4) is 5.75 Å². The summed E-state index contributed by atoms with van der Waals surface area (Å²) in [6.45, 7) is 4.46.